The van der Waals surface area contributed by atoms with Crippen LogP contribution in [0.25, 0.3) is 5.69 Å². The van der Waals surface area contributed by atoms with Crippen LogP contribution in [0.3, 0.4) is 0 Å². The summed E-state index contributed by atoms with van der Waals surface area (Å²) in [6.45, 7) is 2.06. The Morgan fingerprint density at radius 2 is 1.89 bits per heavy atom. The van der Waals surface area contributed by atoms with Crippen molar-refractivity contribution in [1.29, 1.82) is 0 Å². The van der Waals surface area contributed by atoms with Gasteiger partial charge < -0.3 is 4.67 Å². The van der Waals surface area contributed by atoms with Crippen LogP contribution in [0.2, 0.25) is 0 Å². The highest BCUT2D eigenvalue weighted by atomic mass is 32.2. The fourth-order valence-corrected chi connectivity index (χ4v) is 4.81. The molecule has 2 aromatic carbocycles. The standard InChI is InChI=1S/C21H20N3OPS/c1-15-6-8-16(9-7-15)24-19(10-12-22-24)21-20(25)11-13-23(26-21)17-4-3-5-18(14-17)27-2/h3-14,21,26H,1-2H3. The highest BCUT2D eigenvalue weighted by Crippen LogP contribution is 2.45. The Morgan fingerprint density at radius 3 is 2.67 bits per heavy atom. The number of carbonyl (C=O) groups is 1. The normalized spacial score (nSPS) is 17.6. The van der Waals surface area contributed by atoms with Crippen molar-refractivity contribution in [2.24, 2.45) is 0 Å². The molecule has 4 rings (SSSR count). The predicted octanol–water partition coefficient (Wildman–Crippen LogP) is 5.14. The summed E-state index contributed by atoms with van der Waals surface area (Å²) in [5, 5.41) is 4.47. The second-order valence-corrected chi connectivity index (χ2v) is 8.55. The summed E-state index contributed by atoms with van der Waals surface area (Å²) < 4.78 is 4.04. The molecule has 0 radical (unpaired) electrons. The van der Waals surface area contributed by atoms with Crippen molar-refractivity contribution in [3.63, 3.8) is 0 Å². The first kappa shape index (κ1) is 18.0. The van der Waals surface area contributed by atoms with Crippen molar-refractivity contribution in [2.45, 2.75) is 17.5 Å². The SMILES string of the molecule is CSc1cccc(N2C=CC(=O)C(c3ccnn3-c3ccc(C)cc3)P2)c1. The van der Waals surface area contributed by atoms with Crippen LogP contribution in [-0.2, 0) is 4.79 Å². The van der Waals surface area contributed by atoms with E-state index in [1.165, 1.54) is 10.5 Å². The highest BCUT2D eigenvalue weighted by Gasteiger charge is 2.28. The molecule has 0 N–H and O–H groups in total. The quantitative estimate of drug-likeness (QED) is 0.454. The minimum Gasteiger partial charge on any atom is -0.328 e. The van der Waals surface area contributed by atoms with Gasteiger partial charge in [0.15, 0.2) is 5.78 Å². The molecular formula is C21H20N3OPS. The summed E-state index contributed by atoms with van der Waals surface area (Å²) >= 11 is 1.72. The number of aromatic nitrogens is 2. The number of aryl methyl sites for hydroxylation is 1. The lowest BCUT2D eigenvalue weighted by Crippen LogP contribution is -2.20. The van der Waals surface area contributed by atoms with Gasteiger partial charge in [-0.15, -0.1) is 11.8 Å². The first-order valence-corrected chi connectivity index (χ1v) is 10.9. The van der Waals surface area contributed by atoms with Gasteiger partial charge in [0.1, 0.15) is 5.66 Å². The van der Waals surface area contributed by atoms with Gasteiger partial charge in [-0.25, -0.2) is 4.68 Å². The third-order valence-electron chi connectivity index (χ3n) is 4.52. The minimum atomic E-state index is -0.225. The smallest absolute Gasteiger partial charge is 0.171 e. The Morgan fingerprint density at radius 1 is 1.07 bits per heavy atom. The number of allylic oxidation sites excluding steroid dienone is 1. The number of thioether (sulfide) groups is 1. The molecule has 1 aromatic heterocycles. The zero-order valence-electron chi connectivity index (χ0n) is 15.2. The first-order valence-electron chi connectivity index (χ1n) is 8.68. The monoisotopic (exact) mass is 393 g/mol. The van der Waals surface area contributed by atoms with E-state index >= 15 is 0 Å². The van der Waals surface area contributed by atoms with Crippen molar-refractivity contribution in [2.75, 3.05) is 10.9 Å². The average Bonchev–Trinajstić information content (AvgIpc) is 3.18. The van der Waals surface area contributed by atoms with E-state index < -0.39 is 0 Å². The number of nitrogens with zero attached hydrogens (tertiary/aromatic N) is 3. The number of hydrogen-bond donors (Lipinski definition) is 0. The Kier molecular flexibility index (Phi) is 5.15. The van der Waals surface area contributed by atoms with E-state index in [1.54, 1.807) is 24.0 Å². The van der Waals surface area contributed by atoms with Crippen molar-refractivity contribution in [3.8, 4) is 5.69 Å². The zero-order valence-corrected chi connectivity index (χ0v) is 17.0. The number of hydrogen-bond acceptors (Lipinski definition) is 4. The van der Waals surface area contributed by atoms with Crippen LogP contribution in [0.15, 0.2) is 78.0 Å². The molecule has 2 atom stereocenters. The number of benzene rings is 2. The summed E-state index contributed by atoms with van der Waals surface area (Å²) in [5.74, 6) is 0.125. The molecule has 2 unspecified atom stereocenters. The first-order chi connectivity index (χ1) is 13.2. The van der Waals surface area contributed by atoms with Gasteiger partial charge in [-0.2, -0.15) is 5.10 Å². The van der Waals surface area contributed by atoms with Crippen LogP contribution < -0.4 is 4.67 Å². The van der Waals surface area contributed by atoms with Crippen molar-refractivity contribution in [3.05, 3.63) is 84.3 Å². The van der Waals surface area contributed by atoms with Gasteiger partial charge in [0.25, 0.3) is 0 Å². The maximum Gasteiger partial charge on any atom is 0.171 e. The second-order valence-electron chi connectivity index (χ2n) is 6.36. The van der Waals surface area contributed by atoms with Gasteiger partial charge in [-0.05, 0) is 64.4 Å². The Hall–Kier alpha value is -2.36. The van der Waals surface area contributed by atoms with Gasteiger partial charge >= 0.3 is 0 Å². The Bertz CT molecular complexity index is 997. The van der Waals surface area contributed by atoms with E-state index in [4.69, 9.17) is 0 Å². The number of ketones is 1. The van der Waals surface area contributed by atoms with Crippen molar-refractivity contribution < 1.29 is 4.79 Å². The molecule has 6 heteroatoms. The topological polar surface area (TPSA) is 38.1 Å². The molecule has 0 saturated carbocycles. The Balaban J connectivity index is 1.66. The van der Waals surface area contributed by atoms with Gasteiger partial charge in [0.05, 0.1) is 11.4 Å². The maximum atomic E-state index is 12.7. The summed E-state index contributed by atoms with van der Waals surface area (Å²) in [6, 6.07) is 18.5. The van der Waals surface area contributed by atoms with Crippen LogP contribution in [-0.4, -0.2) is 21.8 Å². The molecule has 0 bridgehead atoms. The molecular weight excluding hydrogens is 373 g/mol. The molecule has 1 aliphatic rings. The van der Waals surface area contributed by atoms with Crippen LogP contribution in [0.4, 0.5) is 5.69 Å². The van der Waals surface area contributed by atoms with Crippen molar-refractivity contribution in [1.82, 2.24) is 9.78 Å². The number of rotatable bonds is 4. The molecule has 1 aliphatic heterocycles. The second kappa shape index (κ2) is 7.71. The van der Waals surface area contributed by atoms with E-state index in [9.17, 15) is 4.79 Å². The summed E-state index contributed by atoms with van der Waals surface area (Å²) in [5.41, 5.74) is 3.99. The third kappa shape index (κ3) is 3.71. The van der Waals surface area contributed by atoms with Crippen molar-refractivity contribution >= 4 is 32.0 Å². The predicted molar refractivity (Wildman–Crippen MR) is 114 cm³/mol. The molecule has 0 spiro atoms. The average molecular weight is 393 g/mol. The molecule has 0 saturated heterocycles. The van der Waals surface area contributed by atoms with E-state index in [1.807, 2.05) is 29.1 Å². The largest absolute Gasteiger partial charge is 0.328 e. The molecule has 0 aliphatic carbocycles. The van der Waals surface area contributed by atoms with Gasteiger partial charge in [-0.3, -0.25) is 4.79 Å². The Labute approximate surface area is 165 Å². The van der Waals surface area contributed by atoms with E-state index in [-0.39, 0.29) is 11.4 Å². The lowest BCUT2D eigenvalue weighted by molar-refractivity contribution is -0.114. The molecule has 2 heterocycles. The summed E-state index contributed by atoms with van der Waals surface area (Å²) in [6.07, 6.45) is 7.41. The summed E-state index contributed by atoms with van der Waals surface area (Å²) in [4.78, 5) is 13.9. The molecule has 0 fully saturated rings. The number of anilines is 1. The summed E-state index contributed by atoms with van der Waals surface area (Å²) in [7, 11) is 0.300. The lowest BCUT2D eigenvalue weighted by Gasteiger charge is -2.29. The van der Waals surface area contributed by atoms with Gasteiger partial charge in [0, 0.05) is 23.0 Å². The molecule has 4 nitrogen and oxygen atoms in total. The molecule has 3 aromatic rings. The van der Waals surface area contributed by atoms with E-state index in [0.29, 0.717) is 8.73 Å². The zero-order chi connectivity index (χ0) is 18.8. The van der Waals surface area contributed by atoms with Gasteiger partial charge in [0.2, 0.25) is 0 Å². The fraction of sp³-hybridized carbons (Fsp3) is 0.143. The van der Waals surface area contributed by atoms with Crippen LogP contribution in [0, 0.1) is 6.92 Å². The fourth-order valence-electron chi connectivity index (χ4n) is 3.06. The lowest BCUT2D eigenvalue weighted by atomic mass is 10.2. The number of carbonyl (C=O) groups excluding carboxylic acids is 1. The van der Waals surface area contributed by atoms with Crippen LogP contribution in [0.5, 0.6) is 0 Å². The van der Waals surface area contributed by atoms with Crippen LogP contribution >= 0.6 is 20.5 Å². The van der Waals surface area contributed by atoms with E-state index in [2.05, 4.69) is 59.3 Å². The molecule has 27 heavy (non-hydrogen) atoms. The minimum absolute atomic E-state index is 0.125. The highest BCUT2D eigenvalue weighted by molar-refractivity contribution is 7.98. The van der Waals surface area contributed by atoms with E-state index in [0.717, 1.165) is 17.1 Å². The van der Waals surface area contributed by atoms with Gasteiger partial charge in [-0.1, -0.05) is 23.8 Å². The molecule has 0 amide bonds. The van der Waals surface area contributed by atoms with Crippen LogP contribution in [0.1, 0.15) is 16.9 Å². The third-order valence-corrected chi connectivity index (χ3v) is 6.77. The molecule has 136 valence electrons. The maximum absolute atomic E-state index is 12.7.